The zero-order valence-electron chi connectivity index (χ0n) is 11.2. The third kappa shape index (κ3) is 2.97. The van der Waals surface area contributed by atoms with E-state index < -0.39 is 11.4 Å². The van der Waals surface area contributed by atoms with Gasteiger partial charge in [0.25, 0.3) is 0 Å². The van der Waals surface area contributed by atoms with Gasteiger partial charge in [0.2, 0.25) is 5.91 Å². The molecule has 5 heteroatoms. The van der Waals surface area contributed by atoms with Crippen molar-refractivity contribution in [2.45, 2.75) is 20.8 Å². The van der Waals surface area contributed by atoms with Gasteiger partial charge in [-0.2, -0.15) is 0 Å². The average molecular weight is 242 g/mol. The highest BCUT2D eigenvalue weighted by Gasteiger charge is 2.40. The van der Waals surface area contributed by atoms with E-state index in [2.05, 4.69) is 16.6 Å². The van der Waals surface area contributed by atoms with Crippen LogP contribution in [0.5, 0.6) is 0 Å². The van der Waals surface area contributed by atoms with Gasteiger partial charge in [0.15, 0.2) is 0 Å². The molecule has 0 N–H and O–H groups in total. The average Bonchev–Trinajstić information content (AvgIpc) is 2.36. The van der Waals surface area contributed by atoms with Gasteiger partial charge in [0.05, 0.1) is 7.11 Å². The third-order valence-electron chi connectivity index (χ3n) is 3.34. The Morgan fingerprint density at radius 2 is 1.71 bits per heavy atom. The molecule has 0 bridgehead atoms. The highest BCUT2D eigenvalue weighted by molar-refractivity contribution is 6.01. The van der Waals surface area contributed by atoms with Gasteiger partial charge >= 0.3 is 5.97 Å². The molecule has 0 saturated carbocycles. The Morgan fingerprint density at radius 1 is 1.18 bits per heavy atom. The maximum Gasteiger partial charge on any atom is 0.320 e. The Hall–Kier alpha value is -1.10. The minimum atomic E-state index is -1.08. The van der Waals surface area contributed by atoms with Gasteiger partial charge in [-0.3, -0.25) is 9.59 Å². The number of nitrogens with zero attached hydrogens (tertiary/aromatic N) is 2. The van der Waals surface area contributed by atoms with Crippen molar-refractivity contribution in [2.75, 3.05) is 39.8 Å². The van der Waals surface area contributed by atoms with Gasteiger partial charge < -0.3 is 14.5 Å². The zero-order chi connectivity index (χ0) is 13.1. The molecule has 1 aliphatic rings. The number of methoxy groups -OCH3 is 1. The molecule has 98 valence electrons. The number of carbonyl (C=O) groups excluding carboxylic acids is 2. The molecule has 1 amide bonds. The summed E-state index contributed by atoms with van der Waals surface area (Å²) >= 11 is 0. The van der Waals surface area contributed by atoms with E-state index in [0.717, 1.165) is 19.6 Å². The summed E-state index contributed by atoms with van der Waals surface area (Å²) < 4.78 is 4.67. The smallest absolute Gasteiger partial charge is 0.320 e. The Kier molecular flexibility index (Phi) is 4.51. The molecule has 5 nitrogen and oxygen atoms in total. The van der Waals surface area contributed by atoms with E-state index in [4.69, 9.17) is 0 Å². The Balaban J connectivity index is 2.62. The summed E-state index contributed by atoms with van der Waals surface area (Å²) in [4.78, 5) is 27.8. The SMILES string of the molecule is CCN1CCN(C(=O)C(C)(C)C(=O)OC)CC1. The standard InChI is InChI=1S/C12H22N2O3/c1-5-13-6-8-14(9-7-13)10(15)12(2,3)11(16)17-4/h5-9H2,1-4H3. The van der Waals surface area contributed by atoms with Gasteiger partial charge in [-0.1, -0.05) is 6.92 Å². The molecule has 17 heavy (non-hydrogen) atoms. The van der Waals surface area contributed by atoms with Crippen molar-refractivity contribution in [2.24, 2.45) is 5.41 Å². The predicted molar refractivity (Wildman–Crippen MR) is 64.5 cm³/mol. The van der Waals surface area contributed by atoms with Crippen molar-refractivity contribution in [1.82, 2.24) is 9.80 Å². The third-order valence-corrected chi connectivity index (χ3v) is 3.34. The fourth-order valence-electron chi connectivity index (χ4n) is 2.00. The minimum Gasteiger partial charge on any atom is -0.468 e. The number of esters is 1. The van der Waals surface area contributed by atoms with E-state index in [1.54, 1.807) is 18.7 Å². The van der Waals surface area contributed by atoms with Crippen LogP contribution < -0.4 is 0 Å². The van der Waals surface area contributed by atoms with Gasteiger partial charge in [0.1, 0.15) is 5.41 Å². The molecule has 0 unspecified atom stereocenters. The predicted octanol–water partition coefficient (Wildman–Crippen LogP) is 0.350. The number of hydrogen-bond donors (Lipinski definition) is 0. The molecule has 0 spiro atoms. The van der Waals surface area contributed by atoms with Crippen LogP contribution >= 0.6 is 0 Å². The van der Waals surface area contributed by atoms with Crippen molar-refractivity contribution in [1.29, 1.82) is 0 Å². The second-order valence-corrected chi connectivity index (χ2v) is 4.84. The van der Waals surface area contributed by atoms with E-state index in [9.17, 15) is 9.59 Å². The lowest BCUT2D eigenvalue weighted by molar-refractivity contribution is -0.161. The first-order valence-corrected chi connectivity index (χ1v) is 6.03. The minimum absolute atomic E-state index is 0.139. The summed E-state index contributed by atoms with van der Waals surface area (Å²) in [6, 6.07) is 0. The Morgan fingerprint density at radius 3 is 2.12 bits per heavy atom. The maximum absolute atomic E-state index is 12.2. The lowest BCUT2D eigenvalue weighted by atomic mass is 9.91. The number of amides is 1. The second-order valence-electron chi connectivity index (χ2n) is 4.84. The van der Waals surface area contributed by atoms with E-state index in [-0.39, 0.29) is 5.91 Å². The summed E-state index contributed by atoms with van der Waals surface area (Å²) in [6.07, 6.45) is 0. The Labute approximate surface area is 103 Å². The van der Waals surface area contributed by atoms with E-state index in [1.807, 2.05) is 0 Å². The molecular formula is C12H22N2O3. The number of hydrogen-bond acceptors (Lipinski definition) is 4. The molecule has 0 radical (unpaired) electrons. The zero-order valence-corrected chi connectivity index (χ0v) is 11.2. The number of rotatable bonds is 3. The van der Waals surface area contributed by atoms with Crippen molar-refractivity contribution in [3.05, 3.63) is 0 Å². The number of ether oxygens (including phenoxy) is 1. The molecule has 0 aromatic rings. The summed E-state index contributed by atoms with van der Waals surface area (Å²) in [7, 11) is 1.31. The van der Waals surface area contributed by atoms with Crippen molar-refractivity contribution < 1.29 is 14.3 Å². The van der Waals surface area contributed by atoms with Crippen molar-refractivity contribution in [3.63, 3.8) is 0 Å². The van der Waals surface area contributed by atoms with Crippen LogP contribution in [0.2, 0.25) is 0 Å². The van der Waals surface area contributed by atoms with Crippen molar-refractivity contribution in [3.8, 4) is 0 Å². The van der Waals surface area contributed by atoms with Crippen LogP contribution in [0, 0.1) is 5.41 Å². The summed E-state index contributed by atoms with van der Waals surface area (Å²) in [5.74, 6) is -0.611. The fraction of sp³-hybridized carbons (Fsp3) is 0.833. The van der Waals surface area contributed by atoms with Gasteiger partial charge in [-0.25, -0.2) is 0 Å². The lowest BCUT2D eigenvalue weighted by Crippen LogP contribution is -2.53. The number of carbonyl (C=O) groups is 2. The number of likely N-dealkylation sites (N-methyl/N-ethyl adjacent to an activating group) is 1. The van der Waals surface area contributed by atoms with Crippen LogP contribution in [0.15, 0.2) is 0 Å². The van der Waals surface area contributed by atoms with Crippen LogP contribution in [0.25, 0.3) is 0 Å². The van der Waals surface area contributed by atoms with Crippen LogP contribution in [-0.4, -0.2) is 61.5 Å². The number of piperazine rings is 1. The molecule has 0 aromatic heterocycles. The van der Waals surface area contributed by atoms with Gasteiger partial charge in [-0.15, -0.1) is 0 Å². The molecule has 1 saturated heterocycles. The molecule has 0 aliphatic carbocycles. The van der Waals surface area contributed by atoms with E-state index >= 15 is 0 Å². The fourth-order valence-corrected chi connectivity index (χ4v) is 2.00. The molecule has 0 atom stereocenters. The largest absolute Gasteiger partial charge is 0.468 e. The normalized spacial score (nSPS) is 18.0. The molecule has 1 aliphatic heterocycles. The van der Waals surface area contributed by atoms with Gasteiger partial charge in [0, 0.05) is 26.2 Å². The second kappa shape index (κ2) is 5.49. The molecule has 1 rings (SSSR count). The van der Waals surface area contributed by atoms with E-state index in [0.29, 0.717) is 13.1 Å². The lowest BCUT2D eigenvalue weighted by Gasteiger charge is -2.37. The van der Waals surface area contributed by atoms with E-state index in [1.165, 1.54) is 7.11 Å². The summed E-state index contributed by atoms with van der Waals surface area (Å²) in [6.45, 7) is 9.47. The topological polar surface area (TPSA) is 49.9 Å². The summed E-state index contributed by atoms with van der Waals surface area (Å²) in [5, 5.41) is 0. The summed E-state index contributed by atoms with van der Waals surface area (Å²) in [5.41, 5.74) is -1.08. The van der Waals surface area contributed by atoms with Crippen molar-refractivity contribution >= 4 is 11.9 Å². The first-order chi connectivity index (χ1) is 7.93. The highest BCUT2D eigenvalue weighted by Crippen LogP contribution is 2.21. The molecule has 1 fully saturated rings. The van der Waals surface area contributed by atoms with Crippen LogP contribution in [0.1, 0.15) is 20.8 Å². The van der Waals surface area contributed by atoms with Crippen LogP contribution in [-0.2, 0) is 14.3 Å². The Bertz CT molecular complexity index is 294. The van der Waals surface area contributed by atoms with Gasteiger partial charge in [-0.05, 0) is 20.4 Å². The molecular weight excluding hydrogens is 220 g/mol. The van der Waals surface area contributed by atoms with Crippen LogP contribution in [0.4, 0.5) is 0 Å². The molecule has 1 heterocycles. The molecule has 0 aromatic carbocycles. The highest BCUT2D eigenvalue weighted by atomic mass is 16.5. The maximum atomic E-state index is 12.2. The quantitative estimate of drug-likeness (QED) is 0.529. The van der Waals surface area contributed by atoms with Crippen LogP contribution in [0.3, 0.4) is 0 Å². The first kappa shape index (κ1) is 14.0. The first-order valence-electron chi connectivity index (χ1n) is 6.03. The monoisotopic (exact) mass is 242 g/mol.